The molecule has 0 amide bonds. The molecule has 9 heteroatoms. The van der Waals surface area contributed by atoms with Crippen LogP contribution in [-0.2, 0) is 17.8 Å². The SMILES string of the molecule is CN=C(NCc1nc(C)no1)NCc1ccc(C)cc1OC1CCOC1.I. The van der Waals surface area contributed by atoms with Gasteiger partial charge in [0.15, 0.2) is 11.8 Å². The van der Waals surface area contributed by atoms with Crippen molar-refractivity contribution in [3.63, 3.8) is 0 Å². The number of aryl methyl sites for hydroxylation is 2. The van der Waals surface area contributed by atoms with Gasteiger partial charge in [-0.05, 0) is 25.5 Å². The molecule has 0 bridgehead atoms. The maximum atomic E-state index is 6.13. The summed E-state index contributed by atoms with van der Waals surface area (Å²) in [5, 5.41) is 10.2. The lowest BCUT2D eigenvalue weighted by Crippen LogP contribution is -2.36. The number of nitrogens with one attached hydrogen (secondary N) is 2. The van der Waals surface area contributed by atoms with Gasteiger partial charge in [0.2, 0.25) is 5.89 Å². The van der Waals surface area contributed by atoms with Gasteiger partial charge in [0.05, 0.1) is 19.8 Å². The quantitative estimate of drug-likeness (QED) is 0.367. The first-order chi connectivity index (χ1) is 12.6. The second kappa shape index (κ2) is 10.5. The van der Waals surface area contributed by atoms with E-state index in [-0.39, 0.29) is 30.1 Å². The number of guanidine groups is 1. The van der Waals surface area contributed by atoms with Crippen LogP contribution in [-0.4, -0.2) is 42.5 Å². The van der Waals surface area contributed by atoms with Crippen LogP contribution in [0.2, 0.25) is 0 Å². The largest absolute Gasteiger partial charge is 0.488 e. The molecule has 1 unspecified atom stereocenters. The number of benzene rings is 1. The molecule has 1 saturated heterocycles. The summed E-state index contributed by atoms with van der Waals surface area (Å²) in [4.78, 5) is 8.38. The summed E-state index contributed by atoms with van der Waals surface area (Å²) in [5.74, 6) is 2.67. The maximum Gasteiger partial charge on any atom is 0.246 e. The lowest BCUT2D eigenvalue weighted by Gasteiger charge is -2.17. The molecule has 0 saturated carbocycles. The molecular weight excluding hydrogens is 461 g/mol. The van der Waals surface area contributed by atoms with E-state index in [1.165, 1.54) is 0 Å². The van der Waals surface area contributed by atoms with Crippen molar-refractivity contribution in [1.82, 2.24) is 20.8 Å². The number of halogens is 1. The number of rotatable bonds is 6. The normalized spacial score (nSPS) is 16.7. The first kappa shape index (κ1) is 21.4. The van der Waals surface area contributed by atoms with Crippen molar-refractivity contribution in [1.29, 1.82) is 0 Å². The van der Waals surface area contributed by atoms with Crippen LogP contribution in [0.5, 0.6) is 5.75 Å². The average Bonchev–Trinajstić information content (AvgIpc) is 3.28. The predicted molar refractivity (Wildman–Crippen MR) is 113 cm³/mol. The Morgan fingerprint density at radius 2 is 2.11 bits per heavy atom. The minimum atomic E-state index is 0. The van der Waals surface area contributed by atoms with Crippen LogP contribution in [0.25, 0.3) is 0 Å². The van der Waals surface area contributed by atoms with Crippen molar-refractivity contribution >= 4 is 29.9 Å². The van der Waals surface area contributed by atoms with Gasteiger partial charge in [0, 0.05) is 25.6 Å². The van der Waals surface area contributed by atoms with Crippen molar-refractivity contribution in [3.8, 4) is 5.75 Å². The van der Waals surface area contributed by atoms with Crippen LogP contribution in [0.4, 0.5) is 0 Å². The Morgan fingerprint density at radius 3 is 2.78 bits per heavy atom. The molecule has 8 nitrogen and oxygen atoms in total. The maximum absolute atomic E-state index is 6.13. The van der Waals surface area contributed by atoms with Crippen LogP contribution in [0.15, 0.2) is 27.7 Å². The smallest absolute Gasteiger partial charge is 0.246 e. The van der Waals surface area contributed by atoms with Crippen molar-refractivity contribution in [2.24, 2.45) is 4.99 Å². The molecule has 3 rings (SSSR count). The summed E-state index contributed by atoms with van der Waals surface area (Å²) < 4.78 is 16.6. The van der Waals surface area contributed by atoms with E-state index in [9.17, 15) is 0 Å². The van der Waals surface area contributed by atoms with Crippen LogP contribution in [0, 0.1) is 13.8 Å². The Kier molecular flexibility index (Phi) is 8.29. The fourth-order valence-corrected chi connectivity index (χ4v) is 2.67. The molecule has 2 heterocycles. The molecule has 0 radical (unpaired) electrons. The zero-order valence-corrected chi connectivity index (χ0v) is 18.1. The molecule has 1 aromatic heterocycles. The summed E-state index contributed by atoms with van der Waals surface area (Å²) in [6, 6.07) is 6.21. The van der Waals surface area contributed by atoms with Gasteiger partial charge in [0.1, 0.15) is 11.9 Å². The summed E-state index contributed by atoms with van der Waals surface area (Å²) in [6.45, 7) is 6.25. The fourth-order valence-electron chi connectivity index (χ4n) is 2.67. The van der Waals surface area contributed by atoms with Crippen LogP contribution < -0.4 is 15.4 Å². The van der Waals surface area contributed by atoms with Gasteiger partial charge in [-0.3, -0.25) is 4.99 Å². The van der Waals surface area contributed by atoms with Crippen LogP contribution >= 0.6 is 24.0 Å². The van der Waals surface area contributed by atoms with E-state index < -0.39 is 0 Å². The Morgan fingerprint density at radius 1 is 1.30 bits per heavy atom. The molecule has 2 aromatic rings. The number of hydrogen-bond donors (Lipinski definition) is 2. The number of nitrogens with zero attached hydrogens (tertiary/aromatic N) is 3. The third-order valence-corrected chi connectivity index (χ3v) is 4.05. The topological polar surface area (TPSA) is 93.8 Å². The lowest BCUT2D eigenvalue weighted by atomic mass is 10.1. The van der Waals surface area contributed by atoms with Gasteiger partial charge >= 0.3 is 0 Å². The standard InChI is InChI=1S/C18H25N5O3.HI/c1-12-4-5-14(16(8-12)25-15-6-7-24-11-15)9-20-18(19-3)21-10-17-22-13(2)23-26-17;/h4-5,8,15H,6-7,9-11H2,1-3H3,(H2,19,20,21);1H. The number of hydrogen-bond acceptors (Lipinski definition) is 6. The van der Waals surface area contributed by atoms with Crippen molar-refractivity contribution in [2.75, 3.05) is 20.3 Å². The van der Waals surface area contributed by atoms with Gasteiger partial charge in [-0.1, -0.05) is 17.3 Å². The predicted octanol–water partition coefficient (Wildman–Crippen LogP) is 2.34. The van der Waals surface area contributed by atoms with Crippen LogP contribution in [0.1, 0.15) is 29.3 Å². The molecule has 1 fully saturated rings. The van der Waals surface area contributed by atoms with E-state index in [0.717, 1.165) is 29.9 Å². The zero-order valence-electron chi connectivity index (χ0n) is 15.8. The molecule has 27 heavy (non-hydrogen) atoms. The van der Waals surface area contributed by atoms with E-state index in [4.69, 9.17) is 14.0 Å². The van der Waals surface area contributed by atoms with E-state index in [1.807, 2.05) is 0 Å². The Balaban J connectivity index is 0.00000261. The number of aliphatic imine (C=N–C) groups is 1. The van der Waals surface area contributed by atoms with Crippen molar-refractivity contribution in [3.05, 3.63) is 41.0 Å². The summed E-state index contributed by atoms with van der Waals surface area (Å²) in [5.41, 5.74) is 2.23. The minimum Gasteiger partial charge on any atom is -0.488 e. The monoisotopic (exact) mass is 487 g/mol. The third-order valence-electron chi connectivity index (χ3n) is 4.05. The van der Waals surface area contributed by atoms with Gasteiger partial charge < -0.3 is 24.6 Å². The van der Waals surface area contributed by atoms with Gasteiger partial charge in [-0.2, -0.15) is 4.98 Å². The highest BCUT2D eigenvalue weighted by Crippen LogP contribution is 2.23. The zero-order chi connectivity index (χ0) is 18.4. The molecule has 0 spiro atoms. The average molecular weight is 487 g/mol. The Labute approximate surface area is 176 Å². The van der Waals surface area contributed by atoms with Gasteiger partial charge in [-0.15, -0.1) is 24.0 Å². The van der Waals surface area contributed by atoms with E-state index >= 15 is 0 Å². The molecule has 1 aliphatic heterocycles. The lowest BCUT2D eigenvalue weighted by molar-refractivity contribution is 0.140. The number of ether oxygens (including phenoxy) is 2. The van der Waals surface area contributed by atoms with E-state index in [2.05, 4.69) is 50.9 Å². The second-order valence-electron chi connectivity index (χ2n) is 6.23. The van der Waals surface area contributed by atoms with E-state index in [0.29, 0.717) is 37.4 Å². The highest BCUT2D eigenvalue weighted by atomic mass is 127. The molecule has 1 aromatic carbocycles. The Hall–Kier alpha value is -1.88. The molecule has 1 atom stereocenters. The molecule has 1 aliphatic rings. The number of aromatic nitrogens is 2. The van der Waals surface area contributed by atoms with Gasteiger partial charge in [-0.25, -0.2) is 0 Å². The first-order valence-electron chi connectivity index (χ1n) is 8.71. The van der Waals surface area contributed by atoms with Gasteiger partial charge in [0.25, 0.3) is 0 Å². The summed E-state index contributed by atoms with van der Waals surface area (Å²) in [7, 11) is 1.72. The van der Waals surface area contributed by atoms with E-state index in [1.54, 1.807) is 14.0 Å². The summed E-state index contributed by atoms with van der Waals surface area (Å²) >= 11 is 0. The van der Waals surface area contributed by atoms with Crippen LogP contribution in [0.3, 0.4) is 0 Å². The molecule has 2 N–H and O–H groups in total. The highest BCUT2D eigenvalue weighted by Gasteiger charge is 2.18. The molecule has 148 valence electrons. The molecular formula is C18H26IN5O3. The molecule has 0 aliphatic carbocycles. The highest BCUT2D eigenvalue weighted by molar-refractivity contribution is 14.0. The Bertz CT molecular complexity index is 759. The first-order valence-corrected chi connectivity index (χ1v) is 8.71. The second-order valence-corrected chi connectivity index (χ2v) is 6.23. The van der Waals surface area contributed by atoms with Crippen molar-refractivity contribution in [2.45, 2.75) is 39.5 Å². The summed E-state index contributed by atoms with van der Waals surface area (Å²) in [6.07, 6.45) is 1.04. The van der Waals surface area contributed by atoms with Crippen molar-refractivity contribution < 1.29 is 14.0 Å². The third kappa shape index (κ3) is 6.35. The fraction of sp³-hybridized carbons (Fsp3) is 0.500. The minimum absolute atomic E-state index is 0.